The Balaban J connectivity index is 2.89. The molecule has 5 heteroatoms. The van der Waals surface area contributed by atoms with Crippen LogP contribution in [0.2, 0.25) is 0 Å². The van der Waals surface area contributed by atoms with Crippen LogP contribution in [0.1, 0.15) is 24.2 Å². The smallest absolute Gasteiger partial charge is 0.253 e. The molecule has 17 heavy (non-hydrogen) atoms. The van der Waals surface area contributed by atoms with Crippen LogP contribution in [0.3, 0.4) is 0 Å². The van der Waals surface area contributed by atoms with E-state index in [0.717, 1.165) is 8.95 Å². The van der Waals surface area contributed by atoms with Gasteiger partial charge in [-0.25, -0.2) is 0 Å². The van der Waals surface area contributed by atoms with Gasteiger partial charge in [-0.05, 0) is 32.0 Å². The molecule has 1 rings (SSSR count). The van der Waals surface area contributed by atoms with Crippen LogP contribution in [-0.2, 0) is 0 Å². The lowest BCUT2D eigenvalue weighted by Gasteiger charge is -2.25. The van der Waals surface area contributed by atoms with Crippen LogP contribution >= 0.6 is 31.9 Å². The van der Waals surface area contributed by atoms with Crippen LogP contribution < -0.4 is 0 Å². The minimum absolute atomic E-state index is 0.117. The lowest BCUT2D eigenvalue weighted by atomic mass is 10.1. The average Bonchev–Trinajstić information content (AvgIpc) is 2.12. The molecule has 0 spiro atoms. The molecule has 1 aromatic carbocycles. The highest BCUT2D eigenvalue weighted by Gasteiger charge is 2.20. The van der Waals surface area contributed by atoms with Gasteiger partial charge in [0.1, 0.15) is 0 Å². The molecule has 0 saturated carbocycles. The van der Waals surface area contributed by atoms with Gasteiger partial charge in [-0.3, -0.25) is 4.79 Å². The van der Waals surface area contributed by atoms with Crippen molar-refractivity contribution in [3.8, 4) is 0 Å². The Morgan fingerprint density at radius 2 is 1.76 bits per heavy atom. The van der Waals surface area contributed by atoms with Gasteiger partial charge >= 0.3 is 0 Å². The summed E-state index contributed by atoms with van der Waals surface area (Å²) in [6, 6.07) is 5.38. The number of likely N-dealkylation sites (N-methyl/N-ethyl adjacent to an activating group) is 1. The third-order valence-corrected chi connectivity index (χ3v) is 3.00. The molecule has 3 nitrogen and oxygen atoms in total. The maximum atomic E-state index is 12.1. The molecule has 0 aromatic heterocycles. The Labute approximate surface area is 118 Å². The molecule has 1 amide bonds. The zero-order valence-electron chi connectivity index (χ0n) is 10.00. The molecule has 94 valence electrons. The zero-order chi connectivity index (χ0) is 13.2. The summed E-state index contributed by atoms with van der Waals surface area (Å²) in [5, 5.41) is 9.68. The number of hydrogen-bond donors (Lipinski definition) is 1. The van der Waals surface area contributed by atoms with E-state index in [4.69, 9.17) is 0 Å². The van der Waals surface area contributed by atoms with Gasteiger partial charge in [0.2, 0.25) is 0 Å². The van der Waals surface area contributed by atoms with Gasteiger partial charge in [0.05, 0.1) is 5.60 Å². The minimum atomic E-state index is -0.895. The highest BCUT2D eigenvalue weighted by atomic mass is 79.9. The summed E-state index contributed by atoms with van der Waals surface area (Å²) in [4.78, 5) is 13.6. The number of aliphatic hydroxyl groups is 1. The first-order valence-corrected chi connectivity index (χ1v) is 6.71. The first kappa shape index (κ1) is 14.7. The number of rotatable bonds is 3. The number of carbonyl (C=O) groups is 1. The summed E-state index contributed by atoms with van der Waals surface area (Å²) < 4.78 is 1.68. The van der Waals surface area contributed by atoms with Crippen molar-refractivity contribution in [2.45, 2.75) is 19.4 Å². The number of benzene rings is 1. The van der Waals surface area contributed by atoms with Gasteiger partial charge in [-0.1, -0.05) is 31.9 Å². The molecule has 0 fully saturated rings. The molecule has 0 bridgehead atoms. The summed E-state index contributed by atoms with van der Waals surface area (Å²) in [6.45, 7) is 3.64. The van der Waals surface area contributed by atoms with Crippen LogP contribution in [0.25, 0.3) is 0 Å². The third-order valence-electron chi connectivity index (χ3n) is 2.08. The van der Waals surface area contributed by atoms with Crippen molar-refractivity contribution in [2.24, 2.45) is 0 Å². The van der Waals surface area contributed by atoms with Gasteiger partial charge in [-0.2, -0.15) is 0 Å². The van der Waals surface area contributed by atoms with Gasteiger partial charge < -0.3 is 10.0 Å². The van der Waals surface area contributed by atoms with E-state index in [1.807, 2.05) is 6.07 Å². The second-order valence-electron chi connectivity index (χ2n) is 4.63. The fourth-order valence-corrected chi connectivity index (χ4v) is 2.84. The zero-order valence-corrected chi connectivity index (χ0v) is 13.2. The van der Waals surface area contributed by atoms with Gasteiger partial charge in [0.25, 0.3) is 5.91 Å². The number of nitrogens with zero attached hydrogens (tertiary/aromatic N) is 1. The second kappa shape index (κ2) is 5.50. The fourth-order valence-electron chi connectivity index (χ4n) is 1.55. The number of amides is 1. The largest absolute Gasteiger partial charge is 0.389 e. The molecule has 1 aromatic rings. The van der Waals surface area contributed by atoms with Crippen LogP contribution in [0.15, 0.2) is 27.1 Å². The topological polar surface area (TPSA) is 40.5 Å². The van der Waals surface area contributed by atoms with Gasteiger partial charge in [0.15, 0.2) is 0 Å². The van der Waals surface area contributed by atoms with Gasteiger partial charge in [-0.15, -0.1) is 0 Å². The van der Waals surface area contributed by atoms with E-state index in [2.05, 4.69) is 31.9 Å². The molecule has 1 N–H and O–H groups in total. The molecule has 0 aliphatic rings. The summed E-state index contributed by atoms with van der Waals surface area (Å²) in [5.41, 5.74) is -0.314. The van der Waals surface area contributed by atoms with E-state index in [-0.39, 0.29) is 12.5 Å². The van der Waals surface area contributed by atoms with Crippen molar-refractivity contribution in [3.05, 3.63) is 32.7 Å². The van der Waals surface area contributed by atoms with Crippen LogP contribution in [-0.4, -0.2) is 35.1 Å². The number of carbonyl (C=O) groups excluding carboxylic acids is 1. The van der Waals surface area contributed by atoms with Crippen LogP contribution in [0.5, 0.6) is 0 Å². The third kappa shape index (κ3) is 4.77. The number of halogens is 2. The van der Waals surface area contributed by atoms with E-state index in [9.17, 15) is 9.90 Å². The lowest BCUT2D eigenvalue weighted by molar-refractivity contribution is 0.0368. The highest BCUT2D eigenvalue weighted by Crippen LogP contribution is 2.21. The Bertz CT molecular complexity index is 407. The van der Waals surface area contributed by atoms with Crippen molar-refractivity contribution in [3.63, 3.8) is 0 Å². The Hall–Kier alpha value is -0.390. The molecule has 0 aliphatic heterocycles. The summed E-state index contributed by atoms with van der Waals surface area (Å²) in [7, 11) is 1.68. The van der Waals surface area contributed by atoms with E-state index < -0.39 is 5.60 Å². The Morgan fingerprint density at radius 3 is 2.18 bits per heavy atom. The highest BCUT2D eigenvalue weighted by molar-refractivity contribution is 9.11. The maximum Gasteiger partial charge on any atom is 0.253 e. The van der Waals surface area contributed by atoms with E-state index >= 15 is 0 Å². The molecule has 0 aliphatic carbocycles. The Kier molecular flexibility index (Phi) is 4.75. The van der Waals surface area contributed by atoms with E-state index in [0.29, 0.717) is 5.56 Å². The Morgan fingerprint density at radius 1 is 1.29 bits per heavy atom. The van der Waals surface area contributed by atoms with Crippen molar-refractivity contribution < 1.29 is 9.90 Å². The first-order valence-electron chi connectivity index (χ1n) is 5.13. The lowest BCUT2D eigenvalue weighted by Crippen LogP contribution is -2.39. The molecule has 0 saturated heterocycles. The average molecular weight is 365 g/mol. The quantitative estimate of drug-likeness (QED) is 0.895. The molecule has 0 heterocycles. The van der Waals surface area contributed by atoms with E-state index in [1.54, 1.807) is 33.0 Å². The predicted molar refractivity (Wildman–Crippen MR) is 75.1 cm³/mol. The molecular weight excluding hydrogens is 350 g/mol. The first-order chi connectivity index (χ1) is 7.69. The molecule has 0 atom stereocenters. The molecule has 0 unspecified atom stereocenters. The van der Waals surface area contributed by atoms with Gasteiger partial charge in [0, 0.05) is 28.1 Å². The SMILES string of the molecule is CN(CC(C)(C)O)C(=O)c1cc(Br)cc(Br)c1. The summed E-state index contributed by atoms with van der Waals surface area (Å²) >= 11 is 6.68. The van der Waals surface area contributed by atoms with Crippen LogP contribution in [0, 0.1) is 0 Å². The molecule has 0 radical (unpaired) electrons. The summed E-state index contributed by atoms with van der Waals surface area (Å²) in [6.07, 6.45) is 0. The summed E-state index contributed by atoms with van der Waals surface area (Å²) in [5.74, 6) is -0.117. The molecular formula is C12H15Br2NO2. The maximum absolute atomic E-state index is 12.1. The normalized spacial score (nSPS) is 11.4. The van der Waals surface area contributed by atoms with E-state index in [1.165, 1.54) is 4.90 Å². The fraction of sp³-hybridized carbons (Fsp3) is 0.417. The van der Waals surface area contributed by atoms with Crippen molar-refractivity contribution in [2.75, 3.05) is 13.6 Å². The monoisotopic (exact) mass is 363 g/mol. The van der Waals surface area contributed by atoms with Crippen molar-refractivity contribution >= 4 is 37.8 Å². The predicted octanol–water partition coefficient (Wildman–Crippen LogP) is 3.05. The second-order valence-corrected chi connectivity index (χ2v) is 6.46. The number of hydrogen-bond acceptors (Lipinski definition) is 2. The minimum Gasteiger partial charge on any atom is -0.389 e. The standard InChI is InChI=1S/C12H15Br2NO2/c1-12(2,17)7-15(3)11(16)8-4-9(13)6-10(14)5-8/h4-6,17H,7H2,1-3H3. The van der Waals surface area contributed by atoms with Crippen LogP contribution in [0.4, 0.5) is 0 Å². The van der Waals surface area contributed by atoms with Crippen molar-refractivity contribution in [1.29, 1.82) is 0 Å². The van der Waals surface area contributed by atoms with Crippen molar-refractivity contribution in [1.82, 2.24) is 4.90 Å².